The molecule has 4 heterocycles. The number of aryl methyl sites for hydroxylation is 1. The quantitative estimate of drug-likeness (QED) is 0.747. The van der Waals surface area contributed by atoms with E-state index in [2.05, 4.69) is 14.8 Å². The average Bonchev–Trinajstić information content (AvgIpc) is 3.44. The van der Waals surface area contributed by atoms with Gasteiger partial charge >= 0.3 is 0 Å². The molecule has 30 heavy (non-hydrogen) atoms. The van der Waals surface area contributed by atoms with E-state index in [1.807, 2.05) is 4.90 Å². The number of likely N-dealkylation sites (tertiary alicyclic amines) is 1. The van der Waals surface area contributed by atoms with Crippen LogP contribution in [0.5, 0.6) is 0 Å². The number of hydrogen-bond acceptors (Lipinski definition) is 4. The molecule has 1 aromatic heterocycles. The van der Waals surface area contributed by atoms with Gasteiger partial charge < -0.3 is 14.4 Å². The highest BCUT2D eigenvalue weighted by atomic mass is 35.5. The molecule has 2 aromatic rings. The number of rotatable bonds is 3. The molecule has 0 radical (unpaired) electrons. The van der Waals surface area contributed by atoms with Crippen LogP contribution in [-0.2, 0) is 17.8 Å². The number of carbonyl (C=O) groups is 2. The highest BCUT2D eigenvalue weighted by Crippen LogP contribution is 2.35. The molecule has 0 spiro atoms. The monoisotopic (exact) mass is 427 g/mol. The van der Waals surface area contributed by atoms with Crippen molar-refractivity contribution in [2.75, 3.05) is 18.0 Å². The summed E-state index contributed by atoms with van der Waals surface area (Å²) in [6.07, 6.45) is 7.63. The molecule has 2 saturated heterocycles. The van der Waals surface area contributed by atoms with Crippen molar-refractivity contribution in [2.24, 2.45) is 0 Å². The molecule has 7 nitrogen and oxygen atoms in total. The fourth-order valence-electron chi connectivity index (χ4n) is 4.95. The molecule has 5 rings (SSSR count). The van der Waals surface area contributed by atoms with Crippen LogP contribution in [0.25, 0.3) is 0 Å². The van der Waals surface area contributed by atoms with Crippen LogP contribution in [0.2, 0.25) is 5.02 Å². The van der Waals surface area contributed by atoms with Crippen LogP contribution in [-0.4, -0.2) is 44.6 Å². The Morgan fingerprint density at radius 3 is 2.73 bits per heavy atom. The number of fused-ring (bicyclic) bond motifs is 1. The lowest BCUT2D eigenvalue weighted by atomic mass is 10.1. The van der Waals surface area contributed by atoms with Gasteiger partial charge in [-0.25, -0.2) is 0 Å². The normalized spacial score (nSPS) is 21.8. The standard InChI is InChI=1S/C22H26ClN5O2/c23-16-10-9-15(14-18(16)26-12-5-8-20(26)29)22(30)27-13-4-6-17(27)21-25-24-19-7-2-1-3-11-28(19)21/h9-10,14,17H,1-8,11-13H2/t17-/m0/s1. The molecule has 1 aromatic carbocycles. The van der Waals surface area contributed by atoms with Gasteiger partial charge in [-0.2, -0.15) is 0 Å². The summed E-state index contributed by atoms with van der Waals surface area (Å²) in [4.78, 5) is 29.3. The van der Waals surface area contributed by atoms with Gasteiger partial charge in [-0.3, -0.25) is 9.59 Å². The molecule has 2 amide bonds. The Balaban J connectivity index is 1.44. The Bertz CT molecular complexity index is 988. The van der Waals surface area contributed by atoms with E-state index < -0.39 is 0 Å². The van der Waals surface area contributed by atoms with E-state index in [0.29, 0.717) is 35.8 Å². The number of hydrogen-bond donors (Lipinski definition) is 0. The van der Waals surface area contributed by atoms with E-state index in [9.17, 15) is 9.59 Å². The lowest BCUT2D eigenvalue weighted by Crippen LogP contribution is -2.32. The van der Waals surface area contributed by atoms with Crippen molar-refractivity contribution < 1.29 is 9.59 Å². The highest BCUT2D eigenvalue weighted by molar-refractivity contribution is 6.34. The SMILES string of the molecule is O=C1CCCN1c1cc(C(=O)N2CCC[C@H]2c2nnc3n2CCCCC3)ccc1Cl. The first-order chi connectivity index (χ1) is 14.6. The molecule has 1 atom stereocenters. The minimum Gasteiger partial charge on any atom is -0.328 e. The van der Waals surface area contributed by atoms with Crippen LogP contribution in [0.15, 0.2) is 18.2 Å². The highest BCUT2D eigenvalue weighted by Gasteiger charge is 2.35. The molecule has 2 fully saturated rings. The van der Waals surface area contributed by atoms with E-state index in [1.54, 1.807) is 23.1 Å². The molecular weight excluding hydrogens is 402 g/mol. The summed E-state index contributed by atoms with van der Waals surface area (Å²) in [6.45, 7) is 2.28. The number of amides is 2. The summed E-state index contributed by atoms with van der Waals surface area (Å²) >= 11 is 6.37. The van der Waals surface area contributed by atoms with Crippen LogP contribution in [0.3, 0.4) is 0 Å². The van der Waals surface area contributed by atoms with Crippen LogP contribution in [0.1, 0.15) is 73.0 Å². The van der Waals surface area contributed by atoms with Crippen molar-refractivity contribution in [1.82, 2.24) is 19.7 Å². The molecule has 158 valence electrons. The third-order valence-electron chi connectivity index (χ3n) is 6.51. The fraction of sp³-hybridized carbons (Fsp3) is 0.545. The van der Waals surface area contributed by atoms with Gasteiger partial charge in [0.15, 0.2) is 5.82 Å². The van der Waals surface area contributed by atoms with Crippen LogP contribution < -0.4 is 4.90 Å². The molecule has 8 heteroatoms. The maximum absolute atomic E-state index is 13.5. The number of nitrogens with zero attached hydrogens (tertiary/aromatic N) is 5. The van der Waals surface area contributed by atoms with Gasteiger partial charge in [0.1, 0.15) is 5.82 Å². The first-order valence-corrected chi connectivity index (χ1v) is 11.3. The molecule has 0 N–H and O–H groups in total. The van der Waals surface area contributed by atoms with Crippen LogP contribution >= 0.6 is 11.6 Å². The van der Waals surface area contributed by atoms with E-state index in [4.69, 9.17) is 11.6 Å². The van der Waals surface area contributed by atoms with Gasteiger partial charge in [-0.1, -0.05) is 18.0 Å². The Morgan fingerprint density at radius 1 is 1.00 bits per heavy atom. The molecule has 0 bridgehead atoms. The fourth-order valence-corrected chi connectivity index (χ4v) is 5.17. The number of carbonyl (C=O) groups excluding carboxylic acids is 2. The van der Waals surface area contributed by atoms with Gasteiger partial charge in [0, 0.05) is 38.0 Å². The van der Waals surface area contributed by atoms with Crippen molar-refractivity contribution in [3.63, 3.8) is 0 Å². The maximum Gasteiger partial charge on any atom is 0.254 e. The number of aromatic nitrogens is 3. The lowest BCUT2D eigenvalue weighted by molar-refractivity contribution is -0.117. The van der Waals surface area contributed by atoms with Gasteiger partial charge in [-0.15, -0.1) is 10.2 Å². The summed E-state index contributed by atoms with van der Waals surface area (Å²) in [6, 6.07) is 5.20. The molecule has 3 aliphatic heterocycles. The maximum atomic E-state index is 13.5. The minimum atomic E-state index is -0.0515. The van der Waals surface area contributed by atoms with Crippen LogP contribution in [0.4, 0.5) is 5.69 Å². The van der Waals surface area contributed by atoms with E-state index in [-0.39, 0.29) is 17.9 Å². The zero-order chi connectivity index (χ0) is 20.7. The van der Waals surface area contributed by atoms with Crippen molar-refractivity contribution >= 4 is 29.1 Å². The second-order valence-corrected chi connectivity index (χ2v) is 8.82. The molecule has 3 aliphatic rings. The summed E-state index contributed by atoms with van der Waals surface area (Å²) in [5, 5.41) is 9.43. The largest absolute Gasteiger partial charge is 0.328 e. The second-order valence-electron chi connectivity index (χ2n) is 8.41. The van der Waals surface area contributed by atoms with Gasteiger partial charge in [0.2, 0.25) is 5.91 Å². The Kier molecular flexibility index (Phi) is 5.23. The summed E-state index contributed by atoms with van der Waals surface area (Å²) in [5.74, 6) is 1.99. The third kappa shape index (κ3) is 3.39. The Labute approximate surface area is 181 Å². The van der Waals surface area contributed by atoms with Crippen molar-refractivity contribution in [3.05, 3.63) is 40.4 Å². The van der Waals surface area contributed by atoms with Gasteiger partial charge in [0.05, 0.1) is 16.8 Å². The molecule has 0 saturated carbocycles. The number of anilines is 1. The molecular formula is C22H26ClN5O2. The number of halogens is 1. The minimum absolute atomic E-state index is 0.0342. The van der Waals surface area contributed by atoms with E-state index >= 15 is 0 Å². The lowest BCUT2D eigenvalue weighted by Gasteiger charge is -2.25. The predicted octanol–water partition coefficient (Wildman–Crippen LogP) is 3.76. The van der Waals surface area contributed by atoms with Crippen molar-refractivity contribution in [2.45, 2.75) is 64.0 Å². The summed E-state index contributed by atoms with van der Waals surface area (Å²) in [7, 11) is 0. The van der Waals surface area contributed by atoms with E-state index in [1.165, 1.54) is 6.42 Å². The Hall–Kier alpha value is -2.41. The molecule has 0 unspecified atom stereocenters. The summed E-state index contributed by atoms with van der Waals surface area (Å²) < 4.78 is 2.24. The third-order valence-corrected chi connectivity index (χ3v) is 6.83. The average molecular weight is 428 g/mol. The summed E-state index contributed by atoms with van der Waals surface area (Å²) in [5.41, 5.74) is 1.20. The van der Waals surface area contributed by atoms with Crippen LogP contribution in [0, 0.1) is 0 Å². The van der Waals surface area contributed by atoms with Crippen molar-refractivity contribution in [1.29, 1.82) is 0 Å². The zero-order valence-electron chi connectivity index (χ0n) is 17.0. The predicted molar refractivity (Wildman–Crippen MR) is 114 cm³/mol. The van der Waals surface area contributed by atoms with Crippen molar-refractivity contribution in [3.8, 4) is 0 Å². The van der Waals surface area contributed by atoms with E-state index in [0.717, 1.165) is 56.7 Å². The first-order valence-electron chi connectivity index (χ1n) is 11.0. The molecule has 0 aliphatic carbocycles. The number of benzene rings is 1. The topological polar surface area (TPSA) is 71.3 Å². The smallest absolute Gasteiger partial charge is 0.254 e. The first kappa shape index (κ1) is 19.5. The van der Waals surface area contributed by atoms with Gasteiger partial charge in [-0.05, 0) is 50.3 Å². The Morgan fingerprint density at radius 2 is 1.90 bits per heavy atom. The zero-order valence-corrected chi connectivity index (χ0v) is 17.8. The van der Waals surface area contributed by atoms with Gasteiger partial charge in [0.25, 0.3) is 5.91 Å². The second kappa shape index (κ2) is 8.02.